The first kappa shape index (κ1) is 22.7. The Morgan fingerprint density at radius 3 is 2.16 bits per heavy atom. The van der Waals surface area contributed by atoms with E-state index in [4.69, 9.17) is 4.74 Å². The van der Waals surface area contributed by atoms with Crippen molar-refractivity contribution in [3.63, 3.8) is 0 Å². The summed E-state index contributed by atoms with van der Waals surface area (Å²) in [6, 6.07) is 5.53. The van der Waals surface area contributed by atoms with Gasteiger partial charge < -0.3 is 10.1 Å². The van der Waals surface area contributed by atoms with Crippen molar-refractivity contribution in [3.8, 4) is 0 Å². The number of ether oxygens (including phenoxy) is 1. The largest absolute Gasteiger partial charge is 0.462 e. The molecular weight excluding hydrogens is 396 g/mol. The zero-order valence-corrected chi connectivity index (χ0v) is 18.3. The van der Waals surface area contributed by atoms with Crippen LogP contribution in [0.5, 0.6) is 0 Å². The molecule has 166 valence electrons. The second-order valence-corrected chi connectivity index (χ2v) is 8.55. The molecule has 1 saturated heterocycles. The Hall–Kier alpha value is -2.96. The van der Waals surface area contributed by atoms with Gasteiger partial charge in [-0.2, -0.15) is 0 Å². The van der Waals surface area contributed by atoms with Gasteiger partial charge in [0, 0.05) is 5.69 Å². The van der Waals surface area contributed by atoms with Crippen molar-refractivity contribution >= 4 is 29.4 Å². The van der Waals surface area contributed by atoms with E-state index < -0.39 is 17.9 Å². The van der Waals surface area contributed by atoms with E-state index in [1.807, 2.05) is 32.9 Å². The molecule has 0 aromatic heterocycles. The van der Waals surface area contributed by atoms with Crippen molar-refractivity contribution < 1.29 is 23.9 Å². The molecule has 3 rings (SSSR count). The Balaban J connectivity index is 1.74. The van der Waals surface area contributed by atoms with Crippen molar-refractivity contribution in [3.05, 3.63) is 42.0 Å². The molecule has 1 aromatic rings. The number of nitrogens with one attached hydrogen (secondary N) is 1. The van der Waals surface area contributed by atoms with Crippen molar-refractivity contribution in [1.29, 1.82) is 0 Å². The maximum Gasteiger partial charge on any atom is 0.338 e. The summed E-state index contributed by atoms with van der Waals surface area (Å²) in [4.78, 5) is 52.2. The highest BCUT2D eigenvalue weighted by Gasteiger charge is 2.51. The summed E-state index contributed by atoms with van der Waals surface area (Å²) in [7, 11) is 0. The fraction of sp³-hybridized carbons (Fsp3) is 0.500. The average molecular weight is 427 g/mol. The van der Waals surface area contributed by atoms with Crippen LogP contribution in [0.2, 0.25) is 0 Å². The molecule has 0 radical (unpaired) electrons. The maximum absolute atomic E-state index is 13.1. The minimum atomic E-state index is -0.861. The number of nitrogens with zero attached hydrogens (tertiary/aromatic N) is 1. The first-order valence-electron chi connectivity index (χ1n) is 10.9. The monoisotopic (exact) mass is 426 g/mol. The van der Waals surface area contributed by atoms with Crippen molar-refractivity contribution in [2.24, 2.45) is 17.8 Å². The highest BCUT2D eigenvalue weighted by molar-refractivity contribution is 6.10. The lowest BCUT2D eigenvalue weighted by Gasteiger charge is -2.27. The molecule has 31 heavy (non-hydrogen) atoms. The second-order valence-electron chi connectivity index (χ2n) is 8.55. The zero-order valence-electron chi connectivity index (χ0n) is 18.3. The SMILES string of the molecule is CCCOC(=O)c1ccc(NC(=O)C(CC(C)C)N2C(=O)C3CC=CCC3C2=O)cc1. The number of anilines is 1. The minimum Gasteiger partial charge on any atom is -0.462 e. The molecule has 3 amide bonds. The fourth-order valence-corrected chi connectivity index (χ4v) is 4.10. The number of carbonyl (C=O) groups excluding carboxylic acids is 4. The van der Waals surface area contributed by atoms with Crippen LogP contribution in [-0.2, 0) is 19.1 Å². The standard InChI is InChI=1S/C24H30N2O5/c1-4-13-31-24(30)16-9-11-17(12-10-16)25-21(27)20(14-15(2)3)26-22(28)18-7-5-6-8-19(18)23(26)29/h5-6,9-12,15,18-20H,4,7-8,13-14H2,1-3H3,(H,25,27). The summed E-state index contributed by atoms with van der Waals surface area (Å²) >= 11 is 0. The van der Waals surface area contributed by atoms with Crippen molar-refractivity contribution in [2.45, 2.75) is 52.5 Å². The Morgan fingerprint density at radius 2 is 1.65 bits per heavy atom. The van der Waals surface area contributed by atoms with Gasteiger partial charge in [-0.25, -0.2) is 4.79 Å². The van der Waals surface area contributed by atoms with Crippen LogP contribution in [0, 0.1) is 17.8 Å². The zero-order chi connectivity index (χ0) is 22.5. The van der Waals surface area contributed by atoms with Crippen molar-refractivity contribution in [2.75, 3.05) is 11.9 Å². The van der Waals surface area contributed by atoms with E-state index in [1.54, 1.807) is 24.3 Å². The van der Waals surface area contributed by atoms with E-state index in [9.17, 15) is 19.2 Å². The van der Waals surface area contributed by atoms with Crippen molar-refractivity contribution in [1.82, 2.24) is 4.90 Å². The number of imide groups is 1. The maximum atomic E-state index is 13.1. The highest BCUT2D eigenvalue weighted by Crippen LogP contribution is 2.37. The molecule has 1 aliphatic heterocycles. The Kier molecular flexibility index (Phi) is 7.25. The van der Waals surface area contributed by atoms with Gasteiger partial charge in [-0.3, -0.25) is 19.3 Å². The molecule has 0 spiro atoms. The summed E-state index contributed by atoms with van der Waals surface area (Å²) in [5, 5.41) is 2.80. The second kappa shape index (κ2) is 9.90. The molecule has 0 bridgehead atoms. The third kappa shape index (κ3) is 5.03. The lowest BCUT2D eigenvalue weighted by atomic mass is 9.85. The van der Waals surface area contributed by atoms with Crippen LogP contribution in [-0.4, -0.2) is 41.2 Å². The number of likely N-dealkylation sites (tertiary alicyclic amines) is 1. The normalized spacial score (nSPS) is 21.2. The number of carbonyl (C=O) groups is 4. The number of benzene rings is 1. The molecule has 1 aliphatic carbocycles. The van der Waals surface area contributed by atoms with E-state index in [1.165, 1.54) is 4.90 Å². The third-order valence-electron chi connectivity index (χ3n) is 5.68. The molecule has 1 aromatic carbocycles. The predicted molar refractivity (Wildman–Crippen MR) is 116 cm³/mol. The Morgan fingerprint density at radius 1 is 1.06 bits per heavy atom. The number of esters is 1. The van der Waals surface area contributed by atoms with Gasteiger partial charge in [-0.1, -0.05) is 32.9 Å². The van der Waals surface area contributed by atoms with E-state index in [-0.39, 0.29) is 29.6 Å². The van der Waals surface area contributed by atoms with Gasteiger partial charge in [0.2, 0.25) is 17.7 Å². The number of allylic oxidation sites excluding steroid dienone is 2. The predicted octanol–water partition coefficient (Wildman–Crippen LogP) is 3.56. The van der Waals surface area contributed by atoms with Crippen LogP contribution >= 0.6 is 0 Å². The molecule has 1 heterocycles. The number of hydrogen-bond acceptors (Lipinski definition) is 5. The molecule has 3 unspecified atom stereocenters. The fourth-order valence-electron chi connectivity index (χ4n) is 4.10. The molecule has 1 fully saturated rings. The minimum absolute atomic E-state index is 0.118. The van der Waals surface area contributed by atoms with Crippen LogP contribution in [0.15, 0.2) is 36.4 Å². The number of amides is 3. The average Bonchev–Trinajstić information content (AvgIpc) is 3.01. The van der Waals surface area contributed by atoms with E-state index in [0.717, 1.165) is 6.42 Å². The molecule has 2 aliphatic rings. The number of fused-ring (bicyclic) bond motifs is 1. The molecular formula is C24H30N2O5. The first-order valence-corrected chi connectivity index (χ1v) is 10.9. The van der Waals surface area contributed by atoms with E-state index in [2.05, 4.69) is 5.32 Å². The van der Waals surface area contributed by atoms with E-state index in [0.29, 0.717) is 37.1 Å². The van der Waals surface area contributed by atoms with Crippen LogP contribution < -0.4 is 5.32 Å². The number of hydrogen-bond donors (Lipinski definition) is 1. The van der Waals surface area contributed by atoms with Gasteiger partial charge in [0.15, 0.2) is 0 Å². The van der Waals surface area contributed by atoms with Crippen LogP contribution in [0.3, 0.4) is 0 Å². The summed E-state index contributed by atoms with van der Waals surface area (Å²) in [6.45, 7) is 6.18. The van der Waals surface area contributed by atoms with Gasteiger partial charge in [0.1, 0.15) is 6.04 Å². The van der Waals surface area contributed by atoms with Crippen LogP contribution in [0.25, 0.3) is 0 Å². The van der Waals surface area contributed by atoms with Crippen LogP contribution in [0.4, 0.5) is 5.69 Å². The molecule has 1 N–H and O–H groups in total. The molecule has 0 saturated carbocycles. The van der Waals surface area contributed by atoms with Gasteiger partial charge in [-0.05, 0) is 55.9 Å². The third-order valence-corrected chi connectivity index (χ3v) is 5.68. The molecule has 7 heteroatoms. The lowest BCUT2D eigenvalue weighted by molar-refractivity contribution is -0.147. The number of rotatable bonds is 8. The Bertz CT molecular complexity index is 848. The van der Waals surface area contributed by atoms with Gasteiger partial charge >= 0.3 is 5.97 Å². The van der Waals surface area contributed by atoms with Gasteiger partial charge in [-0.15, -0.1) is 0 Å². The molecule has 3 atom stereocenters. The summed E-state index contributed by atoms with van der Waals surface area (Å²) in [6.07, 6.45) is 6.07. The summed E-state index contributed by atoms with van der Waals surface area (Å²) in [5.41, 5.74) is 0.885. The quantitative estimate of drug-likeness (QED) is 0.390. The van der Waals surface area contributed by atoms with Gasteiger partial charge in [0.25, 0.3) is 0 Å². The molecule has 7 nitrogen and oxygen atoms in total. The Labute approximate surface area is 182 Å². The van der Waals surface area contributed by atoms with Crippen LogP contribution in [0.1, 0.15) is 56.8 Å². The van der Waals surface area contributed by atoms with E-state index >= 15 is 0 Å². The summed E-state index contributed by atoms with van der Waals surface area (Å²) in [5.74, 6) is -1.94. The van der Waals surface area contributed by atoms with Gasteiger partial charge in [0.05, 0.1) is 24.0 Å². The summed E-state index contributed by atoms with van der Waals surface area (Å²) < 4.78 is 5.10. The first-order chi connectivity index (χ1) is 14.8. The topological polar surface area (TPSA) is 92.8 Å². The highest BCUT2D eigenvalue weighted by atomic mass is 16.5. The lowest BCUT2D eigenvalue weighted by Crippen LogP contribution is -2.48. The smallest absolute Gasteiger partial charge is 0.338 e.